The van der Waals surface area contributed by atoms with Crippen molar-refractivity contribution in [2.24, 2.45) is 5.92 Å². The van der Waals surface area contributed by atoms with E-state index in [-0.39, 0.29) is 34.8 Å². The highest BCUT2D eigenvalue weighted by Gasteiger charge is 2.38. The van der Waals surface area contributed by atoms with Crippen molar-refractivity contribution in [3.8, 4) is 22.6 Å². The molecule has 0 bridgehead atoms. The molecule has 1 aliphatic rings. The number of hydrogen-bond donors (Lipinski definition) is 0. The first kappa shape index (κ1) is 27.4. The van der Waals surface area contributed by atoms with Crippen LogP contribution in [0.3, 0.4) is 0 Å². The van der Waals surface area contributed by atoms with E-state index >= 15 is 4.39 Å². The summed E-state index contributed by atoms with van der Waals surface area (Å²) in [5, 5.41) is 0. The molecule has 38 heavy (non-hydrogen) atoms. The SMILES string of the molecule is CC=CC1CCC(c2ccc(-c3ccc(C(F)(F)Oc4ccc(OC=C(F)F)cc4)c(F)c3)c(F)c2)CC1. The molecule has 0 amide bonds. The number of alkyl halides is 2. The van der Waals surface area contributed by atoms with Crippen LogP contribution in [0.5, 0.6) is 11.5 Å². The van der Waals surface area contributed by atoms with Crippen molar-refractivity contribution in [1.82, 2.24) is 0 Å². The molecule has 4 rings (SSSR count). The minimum absolute atomic E-state index is 0.0293. The average Bonchev–Trinajstić information content (AvgIpc) is 2.88. The first-order valence-electron chi connectivity index (χ1n) is 12.2. The molecular formula is C30H26F6O2. The maximum atomic E-state index is 15.0. The van der Waals surface area contributed by atoms with E-state index in [1.165, 1.54) is 12.1 Å². The molecule has 0 unspecified atom stereocenters. The first-order chi connectivity index (χ1) is 18.2. The highest BCUT2D eigenvalue weighted by atomic mass is 19.3. The molecule has 8 heteroatoms. The maximum absolute atomic E-state index is 15.0. The Morgan fingerprint density at radius 2 is 1.53 bits per heavy atom. The molecule has 2 nitrogen and oxygen atoms in total. The standard InChI is InChI=1S/C30H26F6O2/c1-2-3-19-4-6-20(7-5-19)21-8-14-25(27(31)16-21)22-9-15-26(28(32)17-22)30(35,36)38-24-12-10-23(11-13-24)37-18-29(33)34/h2-3,8-20H,4-7H2,1H3. The normalized spacial score (nSPS) is 17.9. The van der Waals surface area contributed by atoms with E-state index in [2.05, 4.69) is 21.6 Å². The van der Waals surface area contributed by atoms with Gasteiger partial charge in [0.15, 0.2) is 6.26 Å². The van der Waals surface area contributed by atoms with Crippen LogP contribution in [0.2, 0.25) is 0 Å². The van der Waals surface area contributed by atoms with Crippen LogP contribution < -0.4 is 9.47 Å². The second-order valence-electron chi connectivity index (χ2n) is 9.19. The summed E-state index contributed by atoms with van der Waals surface area (Å²) in [6.07, 6.45) is 2.33. The maximum Gasteiger partial charge on any atom is 0.429 e. The zero-order chi connectivity index (χ0) is 27.3. The predicted molar refractivity (Wildman–Crippen MR) is 133 cm³/mol. The van der Waals surface area contributed by atoms with Gasteiger partial charge in [-0.3, -0.25) is 0 Å². The van der Waals surface area contributed by atoms with Gasteiger partial charge in [-0.15, -0.1) is 0 Å². The lowest BCUT2D eigenvalue weighted by Crippen LogP contribution is -2.23. The average molecular weight is 533 g/mol. The summed E-state index contributed by atoms with van der Waals surface area (Å²) in [6.45, 7) is 2.00. The lowest BCUT2D eigenvalue weighted by molar-refractivity contribution is -0.187. The van der Waals surface area contributed by atoms with E-state index < -0.39 is 29.4 Å². The number of hydrogen-bond acceptors (Lipinski definition) is 2. The topological polar surface area (TPSA) is 18.5 Å². The zero-order valence-corrected chi connectivity index (χ0v) is 20.6. The molecule has 1 aliphatic carbocycles. The van der Waals surface area contributed by atoms with Crippen molar-refractivity contribution in [3.05, 3.63) is 108 Å². The quantitative estimate of drug-likeness (QED) is 0.163. The fraction of sp³-hybridized carbons (Fsp3) is 0.267. The molecule has 1 fully saturated rings. The molecule has 0 atom stereocenters. The summed E-state index contributed by atoms with van der Waals surface area (Å²) in [6, 6.07) is 12.2. The molecule has 0 spiro atoms. The molecule has 0 saturated heterocycles. The summed E-state index contributed by atoms with van der Waals surface area (Å²) >= 11 is 0. The third-order valence-electron chi connectivity index (χ3n) is 6.65. The third-order valence-corrected chi connectivity index (χ3v) is 6.65. The predicted octanol–water partition coefficient (Wildman–Crippen LogP) is 9.73. The van der Waals surface area contributed by atoms with Gasteiger partial charge in [-0.25, -0.2) is 8.78 Å². The minimum Gasteiger partial charge on any atom is -0.459 e. The Kier molecular flexibility index (Phi) is 8.49. The van der Waals surface area contributed by atoms with E-state index in [1.807, 2.05) is 13.0 Å². The fourth-order valence-electron chi connectivity index (χ4n) is 4.76. The smallest absolute Gasteiger partial charge is 0.429 e. The summed E-state index contributed by atoms with van der Waals surface area (Å²) in [5.41, 5.74) is 0.0846. The molecule has 3 aromatic carbocycles. The molecule has 0 N–H and O–H groups in total. The number of benzene rings is 3. The molecule has 0 aromatic heterocycles. The van der Waals surface area contributed by atoms with E-state index in [1.54, 1.807) is 6.07 Å². The lowest BCUT2D eigenvalue weighted by atomic mass is 9.78. The Bertz CT molecular complexity index is 1300. The Hall–Kier alpha value is -3.68. The van der Waals surface area contributed by atoms with Crippen LogP contribution in [0, 0.1) is 17.6 Å². The fourth-order valence-corrected chi connectivity index (χ4v) is 4.76. The van der Waals surface area contributed by atoms with Gasteiger partial charge in [-0.2, -0.15) is 17.6 Å². The van der Waals surface area contributed by atoms with Crippen molar-refractivity contribution < 1.29 is 35.8 Å². The Morgan fingerprint density at radius 1 is 0.842 bits per heavy atom. The van der Waals surface area contributed by atoms with Gasteiger partial charge < -0.3 is 9.47 Å². The Morgan fingerprint density at radius 3 is 2.13 bits per heavy atom. The zero-order valence-electron chi connectivity index (χ0n) is 20.6. The van der Waals surface area contributed by atoms with Gasteiger partial charge in [0, 0.05) is 5.56 Å². The van der Waals surface area contributed by atoms with E-state index in [4.69, 9.17) is 0 Å². The summed E-state index contributed by atoms with van der Waals surface area (Å²) in [5.74, 6) is -1.37. The first-order valence-corrected chi connectivity index (χ1v) is 12.2. The van der Waals surface area contributed by atoms with Crippen LogP contribution in [0.1, 0.15) is 49.7 Å². The number of halogens is 6. The van der Waals surface area contributed by atoms with Crippen molar-refractivity contribution in [2.75, 3.05) is 0 Å². The molecule has 3 aromatic rings. The molecule has 0 aliphatic heterocycles. The van der Waals surface area contributed by atoms with Gasteiger partial charge in [0.1, 0.15) is 23.1 Å². The number of allylic oxidation sites excluding steroid dienone is 2. The monoisotopic (exact) mass is 532 g/mol. The molecule has 0 radical (unpaired) electrons. The molecular weight excluding hydrogens is 506 g/mol. The second-order valence-corrected chi connectivity index (χ2v) is 9.19. The van der Waals surface area contributed by atoms with Gasteiger partial charge in [0.2, 0.25) is 0 Å². The van der Waals surface area contributed by atoms with Crippen LogP contribution in [0.15, 0.2) is 85.2 Å². The second kappa shape index (κ2) is 11.8. The lowest BCUT2D eigenvalue weighted by Gasteiger charge is -2.27. The molecule has 0 heterocycles. The Labute approximate surface area is 217 Å². The van der Waals surface area contributed by atoms with Gasteiger partial charge in [-0.05, 0) is 98.0 Å². The van der Waals surface area contributed by atoms with E-state index in [9.17, 15) is 22.0 Å². The summed E-state index contributed by atoms with van der Waals surface area (Å²) in [7, 11) is 0. The van der Waals surface area contributed by atoms with Gasteiger partial charge in [0.25, 0.3) is 0 Å². The van der Waals surface area contributed by atoms with Crippen LogP contribution in [0.4, 0.5) is 26.3 Å². The summed E-state index contributed by atoms with van der Waals surface area (Å²) < 4.78 is 92.7. The van der Waals surface area contributed by atoms with E-state index in [0.717, 1.165) is 67.6 Å². The van der Waals surface area contributed by atoms with Crippen molar-refractivity contribution in [2.45, 2.75) is 44.6 Å². The van der Waals surface area contributed by atoms with Gasteiger partial charge in [0.05, 0.1) is 5.56 Å². The van der Waals surface area contributed by atoms with Gasteiger partial charge >= 0.3 is 12.2 Å². The van der Waals surface area contributed by atoms with Crippen LogP contribution >= 0.6 is 0 Å². The van der Waals surface area contributed by atoms with Crippen LogP contribution in [-0.4, -0.2) is 0 Å². The number of ether oxygens (including phenoxy) is 2. The third kappa shape index (κ3) is 6.60. The van der Waals surface area contributed by atoms with Crippen LogP contribution in [-0.2, 0) is 6.11 Å². The highest BCUT2D eigenvalue weighted by molar-refractivity contribution is 5.65. The summed E-state index contributed by atoms with van der Waals surface area (Å²) in [4.78, 5) is 0. The van der Waals surface area contributed by atoms with Crippen LogP contribution in [0.25, 0.3) is 11.1 Å². The molecule has 200 valence electrons. The molecule has 1 saturated carbocycles. The van der Waals surface area contributed by atoms with Crippen molar-refractivity contribution >= 4 is 0 Å². The Balaban J connectivity index is 1.47. The van der Waals surface area contributed by atoms with Gasteiger partial charge in [-0.1, -0.05) is 30.4 Å². The highest BCUT2D eigenvalue weighted by Crippen LogP contribution is 2.39. The van der Waals surface area contributed by atoms with E-state index in [0.29, 0.717) is 5.92 Å². The van der Waals surface area contributed by atoms with Crippen molar-refractivity contribution in [3.63, 3.8) is 0 Å². The number of rotatable bonds is 8. The van der Waals surface area contributed by atoms with Crippen molar-refractivity contribution in [1.29, 1.82) is 0 Å². The minimum atomic E-state index is -4.05. The largest absolute Gasteiger partial charge is 0.459 e.